The standard InChI is InChI=1S/C30H39Cl2NO3S/c1-6-15-30(5)18-26(22-9-8-10-25(32)17-22)27(21-11-13-24(31)14-12-21)28(29(30)34)23(16-20(3)4)19-33-37(35,36)7-2/h6,8-14,17,20,23,26-28,33H,1,7,15-16,18-19H2,2-5H3/t23-,26+,27+,28?,30-/m0/s1. The van der Waals surface area contributed by atoms with Gasteiger partial charge in [-0.25, -0.2) is 13.1 Å². The predicted octanol–water partition coefficient (Wildman–Crippen LogP) is 7.63. The molecule has 7 heteroatoms. The van der Waals surface area contributed by atoms with Crippen molar-refractivity contribution >= 4 is 39.0 Å². The normalized spacial score (nSPS) is 25.3. The maximum atomic E-state index is 14.5. The van der Waals surface area contributed by atoms with Crippen molar-refractivity contribution in [3.8, 4) is 0 Å². The summed E-state index contributed by atoms with van der Waals surface area (Å²) in [4.78, 5) is 14.5. The summed E-state index contributed by atoms with van der Waals surface area (Å²) in [6, 6.07) is 15.6. The number of carbonyl (C=O) groups is 1. The van der Waals surface area contributed by atoms with Gasteiger partial charge in [-0.2, -0.15) is 0 Å². The molecule has 0 aromatic heterocycles. The first-order chi connectivity index (χ1) is 17.4. The number of Topliss-reactive ketones (excluding diaryl/α,β-unsaturated/α-hetero) is 1. The molecule has 202 valence electrons. The molecular weight excluding hydrogens is 525 g/mol. The van der Waals surface area contributed by atoms with Crippen molar-refractivity contribution < 1.29 is 13.2 Å². The van der Waals surface area contributed by atoms with E-state index in [0.717, 1.165) is 17.5 Å². The molecule has 0 radical (unpaired) electrons. The molecule has 1 aliphatic carbocycles. The zero-order valence-corrected chi connectivity index (χ0v) is 24.5. The second kappa shape index (κ2) is 12.5. The summed E-state index contributed by atoms with van der Waals surface area (Å²) in [6.45, 7) is 12.1. The number of hydrogen-bond acceptors (Lipinski definition) is 3. The van der Waals surface area contributed by atoms with Crippen LogP contribution in [0.1, 0.15) is 69.9 Å². The van der Waals surface area contributed by atoms with E-state index >= 15 is 0 Å². The molecule has 1 unspecified atom stereocenters. The lowest BCUT2D eigenvalue weighted by molar-refractivity contribution is -0.139. The minimum atomic E-state index is -3.42. The molecule has 0 bridgehead atoms. The zero-order chi connectivity index (χ0) is 27.4. The van der Waals surface area contributed by atoms with Crippen LogP contribution in [0.2, 0.25) is 10.0 Å². The Labute approximate surface area is 232 Å². The molecule has 37 heavy (non-hydrogen) atoms. The first-order valence-electron chi connectivity index (χ1n) is 13.0. The average molecular weight is 565 g/mol. The number of halogens is 2. The Kier molecular flexibility index (Phi) is 10.1. The lowest BCUT2D eigenvalue weighted by atomic mass is 9.53. The van der Waals surface area contributed by atoms with Crippen LogP contribution in [0.3, 0.4) is 0 Å². The minimum Gasteiger partial charge on any atom is -0.299 e. The van der Waals surface area contributed by atoms with E-state index in [1.807, 2.05) is 55.5 Å². The summed E-state index contributed by atoms with van der Waals surface area (Å²) in [6.07, 6.45) is 3.75. The van der Waals surface area contributed by atoms with Crippen molar-refractivity contribution in [2.75, 3.05) is 12.3 Å². The van der Waals surface area contributed by atoms with Crippen molar-refractivity contribution in [1.82, 2.24) is 4.72 Å². The summed E-state index contributed by atoms with van der Waals surface area (Å²) in [5, 5.41) is 1.29. The van der Waals surface area contributed by atoms with Crippen LogP contribution in [-0.4, -0.2) is 26.5 Å². The van der Waals surface area contributed by atoms with Crippen molar-refractivity contribution in [3.63, 3.8) is 0 Å². The molecule has 5 atom stereocenters. The second-order valence-electron chi connectivity index (χ2n) is 11.0. The molecule has 2 aromatic carbocycles. The van der Waals surface area contributed by atoms with Crippen LogP contribution in [0.15, 0.2) is 61.2 Å². The molecule has 1 aliphatic rings. The summed E-state index contributed by atoms with van der Waals surface area (Å²) >= 11 is 12.7. The Morgan fingerprint density at radius 2 is 1.78 bits per heavy atom. The Bertz CT molecular complexity index is 1200. The minimum absolute atomic E-state index is 0.0000561. The third-order valence-electron chi connectivity index (χ3n) is 7.74. The van der Waals surface area contributed by atoms with E-state index in [4.69, 9.17) is 23.2 Å². The van der Waals surface area contributed by atoms with E-state index in [9.17, 15) is 13.2 Å². The molecule has 3 rings (SSSR count). The van der Waals surface area contributed by atoms with Gasteiger partial charge in [-0.05, 0) is 79.3 Å². The Hall–Kier alpha value is -1.66. The smallest absolute Gasteiger partial charge is 0.211 e. The van der Waals surface area contributed by atoms with Gasteiger partial charge < -0.3 is 0 Å². The molecule has 0 saturated heterocycles. The second-order valence-corrected chi connectivity index (χ2v) is 14.0. The van der Waals surface area contributed by atoms with Crippen LogP contribution in [0.4, 0.5) is 0 Å². The summed E-state index contributed by atoms with van der Waals surface area (Å²) < 4.78 is 27.7. The Balaban J connectivity index is 2.23. The van der Waals surface area contributed by atoms with Gasteiger partial charge in [-0.3, -0.25) is 4.79 Å². The number of hydrogen-bond donors (Lipinski definition) is 1. The lowest BCUT2D eigenvalue weighted by Gasteiger charge is -2.49. The summed E-state index contributed by atoms with van der Waals surface area (Å²) in [5.74, 6) is -0.272. The number of benzene rings is 2. The SMILES string of the molecule is C=CC[C@@]1(C)C[C@H](c2cccc(Cl)c2)[C@@H](c2ccc(Cl)cc2)C([C@H](CNS(=O)(=O)CC)CC(C)C)C1=O. The third-order valence-corrected chi connectivity index (χ3v) is 9.60. The van der Waals surface area contributed by atoms with Crippen molar-refractivity contribution in [3.05, 3.63) is 82.4 Å². The van der Waals surface area contributed by atoms with Crippen LogP contribution >= 0.6 is 23.2 Å². The highest BCUT2D eigenvalue weighted by atomic mass is 35.5. The number of rotatable bonds is 11. The topological polar surface area (TPSA) is 63.2 Å². The molecule has 1 saturated carbocycles. The summed E-state index contributed by atoms with van der Waals surface area (Å²) in [5.41, 5.74) is 1.49. The molecule has 1 fully saturated rings. The van der Waals surface area contributed by atoms with E-state index in [-0.39, 0.29) is 41.8 Å². The van der Waals surface area contributed by atoms with Gasteiger partial charge in [-0.15, -0.1) is 6.58 Å². The van der Waals surface area contributed by atoms with Crippen LogP contribution < -0.4 is 4.72 Å². The van der Waals surface area contributed by atoms with Crippen LogP contribution in [0, 0.1) is 23.2 Å². The number of nitrogens with one attached hydrogen (secondary N) is 1. The quantitative estimate of drug-likeness (QED) is 0.286. The highest BCUT2D eigenvalue weighted by Gasteiger charge is 2.52. The first kappa shape index (κ1) is 29.9. The Morgan fingerprint density at radius 1 is 1.11 bits per heavy atom. The van der Waals surface area contributed by atoms with Crippen LogP contribution in [0.5, 0.6) is 0 Å². The third kappa shape index (κ3) is 7.26. The molecular formula is C30H39Cl2NO3S. The first-order valence-corrected chi connectivity index (χ1v) is 15.4. The number of sulfonamides is 1. The fourth-order valence-corrected chi connectivity index (χ4v) is 7.02. The monoisotopic (exact) mass is 563 g/mol. The fourth-order valence-electron chi connectivity index (χ4n) is 6.02. The van der Waals surface area contributed by atoms with E-state index in [1.54, 1.807) is 6.92 Å². The predicted molar refractivity (Wildman–Crippen MR) is 155 cm³/mol. The van der Waals surface area contributed by atoms with E-state index in [0.29, 0.717) is 22.9 Å². The molecule has 4 nitrogen and oxygen atoms in total. The van der Waals surface area contributed by atoms with Gasteiger partial charge >= 0.3 is 0 Å². The highest BCUT2D eigenvalue weighted by molar-refractivity contribution is 7.89. The molecule has 0 spiro atoms. The Morgan fingerprint density at radius 3 is 2.35 bits per heavy atom. The maximum Gasteiger partial charge on any atom is 0.211 e. The van der Waals surface area contributed by atoms with E-state index < -0.39 is 21.4 Å². The van der Waals surface area contributed by atoms with Gasteiger partial charge in [-0.1, -0.05) is 74.3 Å². The van der Waals surface area contributed by atoms with Gasteiger partial charge in [0.15, 0.2) is 0 Å². The lowest BCUT2D eigenvalue weighted by Crippen LogP contribution is -2.50. The van der Waals surface area contributed by atoms with Crippen LogP contribution in [0.25, 0.3) is 0 Å². The van der Waals surface area contributed by atoms with Crippen molar-refractivity contribution in [2.24, 2.45) is 23.2 Å². The highest BCUT2D eigenvalue weighted by Crippen LogP contribution is 2.56. The molecule has 0 amide bonds. The number of allylic oxidation sites excluding steroid dienone is 1. The van der Waals surface area contributed by atoms with Crippen molar-refractivity contribution in [2.45, 2.75) is 58.8 Å². The maximum absolute atomic E-state index is 14.5. The molecule has 2 aromatic rings. The molecule has 1 N–H and O–H groups in total. The van der Waals surface area contributed by atoms with E-state index in [1.165, 1.54) is 0 Å². The van der Waals surface area contributed by atoms with Gasteiger partial charge in [0.2, 0.25) is 10.0 Å². The van der Waals surface area contributed by atoms with Crippen molar-refractivity contribution in [1.29, 1.82) is 0 Å². The molecule has 0 aliphatic heterocycles. The van der Waals surface area contributed by atoms with Crippen LogP contribution in [-0.2, 0) is 14.8 Å². The van der Waals surface area contributed by atoms with Gasteiger partial charge in [0.25, 0.3) is 0 Å². The zero-order valence-electron chi connectivity index (χ0n) is 22.2. The van der Waals surface area contributed by atoms with Gasteiger partial charge in [0, 0.05) is 33.8 Å². The van der Waals surface area contributed by atoms with E-state index in [2.05, 4.69) is 31.2 Å². The largest absolute Gasteiger partial charge is 0.299 e. The number of carbonyl (C=O) groups excluding carboxylic acids is 1. The molecule has 0 heterocycles. The van der Waals surface area contributed by atoms with Gasteiger partial charge in [0.05, 0.1) is 5.75 Å². The number of ketones is 1. The van der Waals surface area contributed by atoms with Gasteiger partial charge in [0.1, 0.15) is 5.78 Å². The average Bonchev–Trinajstić information content (AvgIpc) is 2.84. The fraction of sp³-hybridized carbons (Fsp3) is 0.500. The summed E-state index contributed by atoms with van der Waals surface area (Å²) in [7, 11) is -3.42.